The molecule has 0 aliphatic rings. The smallest absolute Gasteiger partial charge is 0.326 e. The maximum Gasteiger partial charge on any atom is 0.326 e. The number of aromatic nitrogens is 2. The molecule has 0 aromatic carbocycles. The van der Waals surface area contributed by atoms with E-state index >= 15 is 0 Å². The van der Waals surface area contributed by atoms with Crippen molar-refractivity contribution in [3.8, 4) is 0 Å². The Morgan fingerprint density at radius 3 is 2.16 bits per heavy atom. The number of carboxylic acids is 2. The largest absolute Gasteiger partial charge is 0.481 e. The van der Waals surface area contributed by atoms with Crippen LogP contribution in [0.15, 0.2) is 17.5 Å². The number of imidazole rings is 1. The number of aliphatic carboxylic acids is 2. The second-order valence-electron chi connectivity index (χ2n) is 7.97. The maximum absolute atomic E-state index is 13.0. The number of hydrogen-bond acceptors (Lipinski definition) is 9. The van der Waals surface area contributed by atoms with Gasteiger partial charge >= 0.3 is 11.9 Å². The van der Waals surface area contributed by atoms with Gasteiger partial charge in [0.2, 0.25) is 17.7 Å². The fourth-order valence-electron chi connectivity index (χ4n) is 3.02. The average Bonchev–Trinajstić information content (AvgIpc) is 3.34. The van der Waals surface area contributed by atoms with Gasteiger partial charge in [0, 0.05) is 37.0 Å². The predicted molar refractivity (Wildman–Crippen MR) is 134 cm³/mol. The number of thiol groups is 1. The molecule has 1 aromatic rings. The monoisotopic (exact) mass is 543 g/mol. The van der Waals surface area contributed by atoms with Gasteiger partial charge in [-0.3, -0.25) is 24.2 Å². The summed E-state index contributed by atoms with van der Waals surface area (Å²) in [6.07, 6.45) is 2.52. The van der Waals surface area contributed by atoms with Crippen LogP contribution in [-0.4, -0.2) is 92.3 Å². The number of H-pyrrole nitrogens is 1. The van der Waals surface area contributed by atoms with Crippen molar-refractivity contribution in [2.24, 2.45) is 22.2 Å². The molecule has 206 valence electrons. The summed E-state index contributed by atoms with van der Waals surface area (Å²) in [6.45, 7) is 0.150. The van der Waals surface area contributed by atoms with Gasteiger partial charge in [0.15, 0.2) is 5.96 Å². The van der Waals surface area contributed by atoms with Crippen molar-refractivity contribution >= 4 is 48.2 Å². The summed E-state index contributed by atoms with van der Waals surface area (Å²) in [5.41, 5.74) is 16.8. The van der Waals surface area contributed by atoms with Crippen LogP contribution >= 0.6 is 12.6 Å². The molecular weight excluding hydrogens is 510 g/mol. The van der Waals surface area contributed by atoms with Crippen LogP contribution in [0.1, 0.15) is 31.4 Å². The Labute approximate surface area is 217 Å². The summed E-state index contributed by atoms with van der Waals surface area (Å²) in [4.78, 5) is 70.8. The van der Waals surface area contributed by atoms with Gasteiger partial charge in [-0.1, -0.05) is 0 Å². The number of aromatic amines is 1. The van der Waals surface area contributed by atoms with Crippen molar-refractivity contribution in [1.82, 2.24) is 25.9 Å². The highest BCUT2D eigenvalue weighted by Crippen LogP contribution is 2.04. The lowest BCUT2D eigenvalue weighted by atomic mass is 10.1. The van der Waals surface area contributed by atoms with E-state index in [1.54, 1.807) is 0 Å². The highest BCUT2D eigenvalue weighted by atomic mass is 32.1. The number of nitrogens with zero attached hydrogens (tertiary/aromatic N) is 2. The number of carboxylic acid groups (broad SMARTS) is 2. The van der Waals surface area contributed by atoms with Crippen LogP contribution in [0.3, 0.4) is 0 Å². The highest BCUT2D eigenvalue weighted by molar-refractivity contribution is 7.80. The van der Waals surface area contributed by atoms with E-state index in [4.69, 9.17) is 22.3 Å². The van der Waals surface area contributed by atoms with Crippen molar-refractivity contribution in [2.45, 2.75) is 56.3 Å². The number of nitrogens with one attached hydrogen (secondary N) is 4. The number of amides is 3. The van der Waals surface area contributed by atoms with Crippen LogP contribution in [-0.2, 0) is 30.4 Å². The van der Waals surface area contributed by atoms with Gasteiger partial charge in [0.25, 0.3) is 0 Å². The third-order valence-electron chi connectivity index (χ3n) is 4.99. The lowest BCUT2D eigenvalue weighted by molar-refractivity contribution is -0.142. The molecule has 0 aliphatic carbocycles. The quantitative estimate of drug-likeness (QED) is 0.0401. The molecule has 17 heteroatoms. The summed E-state index contributed by atoms with van der Waals surface area (Å²) in [6, 6.07) is -4.91. The zero-order valence-electron chi connectivity index (χ0n) is 19.9. The normalized spacial score (nSPS) is 13.9. The first kappa shape index (κ1) is 31.2. The Kier molecular flexibility index (Phi) is 13.5. The molecule has 0 fully saturated rings. The third-order valence-corrected chi connectivity index (χ3v) is 5.36. The number of hydrogen-bond donors (Lipinski definition) is 10. The predicted octanol–water partition coefficient (Wildman–Crippen LogP) is -3.33. The molecule has 12 N–H and O–H groups in total. The van der Waals surface area contributed by atoms with Crippen molar-refractivity contribution in [2.75, 3.05) is 12.3 Å². The average molecular weight is 544 g/mol. The van der Waals surface area contributed by atoms with E-state index in [0.717, 1.165) is 0 Å². The van der Waals surface area contributed by atoms with Crippen LogP contribution in [0.2, 0.25) is 0 Å². The van der Waals surface area contributed by atoms with Crippen LogP contribution < -0.4 is 33.2 Å². The zero-order valence-corrected chi connectivity index (χ0v) is 20.8. The topological polar surface area (TPSA) is 281 Å². The van der Waals surface area contributed by atoms with Gasteiger partial charge in [0.05, 0.1) is 12.4 Å². The molecule has 1 rings (SSSR count). The lowest BCUT2D eigenvalue weighted by Crippen LogP contribution is -2.57. The molecule has 37 heavy (non-hydrogen) atoms. The number of carbonyl (C=O) groups is 5. The molecule has 1 aromatic heterocycles. The van der Waals surface area contributed by atoms with Gasteiger partial charge in [-0.15, -0.1) is 0 Å². The van der Waals surface area contributed by atoms with Gasteiger partial charge in [-0.25, -0.2) is 9.78 Å². The molecule has 0 saturated heterocycles. The van der Waals surface area contributed by atoms with E-state index in [1.807, 2.05) is 0 Å². The number of nitrogens with two attached hydrogens (primary N) is 3. The first-order valence-electron chi connectivity index (χ1n) is 11.2. The van der Waals surface area contributed by atoms with E-state index in [-0.39, 0.29) is 50.4 Å². The fraction of sp³-hybridized carbons (Fsp3) is 0.550. The van der Waals surface area contributed by atoms with E-state index < -0.39 is 53.8 Å². The van der Waals surface area contributed by atoms with Crippen LogP contribution in [0.4, 0.5) is 0 Å². The van der Waals surface area contributed by atoms with Gasteiger partial charge in [-0.05, 0) is 19.3 Å². The summed E-state index contributed by atoms with van der Waals surface area (Å²) < 4.78 is 0. The Morgan fingerprint density at radius 2 is 1.62 bits per heavy atom. The number of carbonyl (C=O) groups excluding carboxylic acids is 3. The maximum atomic E-state index is 13.0. The summed E-state index contributed by atoms with van der Waals surface area (Å²) in [7, 11) is 0. The molecule has 0 spiro atoms. The fourth-order valence-corrected chi connectivity index (χ4v) is 3.27. The van der Waals surface area contributed by atoms with E-state index in [9.17, 15) is 29.1 Å². The van der Waals surface area contributed by atoms with Crippen LogP contribution in [0.5, 0.6) is 0 Å². The summed E-state index contributed by atoms with van der Waals surface area (Å²) in [5, 5.41) is 25.5. The zero-order chi connectivity index (χ0) is 28.0. The number of guanidine groups is 1. The van der Waals surface area contributed by atoms with Crippen molar-refractivity contribution < 1.29 is 34.2 Å². The molecule has 0 saturated carbocycles. The van der Waals surface area contributed by atoms with Gasteiger partial charge in [0.1, 0.15) is 18.1 Å². The molecular formula is C20H33N9O7S. The van der Waals surface area contributed by atoms with Crippen molar-refractivity contribution in [1.29, 1.82) is 0 Å². The van der Waals surface area contributed by atoms with E-state index in [1.165, 1.54) is 12.5 Å². The molecule has 4 unspecified atom stereocenters. The highest BCUT2D eigenvalue weighted by Gasteiger charge is 2.30. The van der Waals surface area contributed by atoms with Crippen molar-refractivity contribution in [3.63, 3.8) is 0 Å². The molecule has 1 heterocycles. The second-order valence-corrected chi connectivity index (χ2v) is 8.34. The van der Waals surface area contributed by atoms with E-state index in [2.05, 4.69) is 43.5 Å². The minimum atomic E-state index is -1.31. The Balaban J connectivity index is 2.88. The molecule has 0 aliphatic heterocycles. The van der Waals surface area contributed by atoms with E-state index in [0.29, 0.717) is 5.69 Å². The van der Waals surface area contributed by atoms with Crippen LogP contribution in [0, 0.1) is 0 Å². The number of aliphatic imine (C=N–C) groups is 1. The Morgan fingerprint density at radius 1 is 1.00 bits per heavy atom. The first-order chi connectivity index (χ1) is 17.4. The lowest BCUT2D eigenvalue weighted by Gasteiger charge is -2.24. The summed E-state index contributed by atoms with van der Waals surface area (Å²) >= 11 is 4.07. The number of rotatable bonds is 17. The molecule has 0 bridgehead atoms. The SMILES string of the molecule is NC(N)=NCCCC(NC(=O)C(N)CCC(=O)O)C(=O)NC(CS)C(=O)NC(Cc1cnc[nH]1)C(=O)O. The van der Waals surface area contributed by atoms with Crippen molar-refractivity contribution in [3.05, 3.63) is 18.2 Å². The molecule has 16 nitrogen and oxygen atoms in total. The minimum absolute atomic E-state index is 0.0541. The first-order valence-corrected chi connectivity index (χ1v) is 11.8. The van der Waals surface area contributed by atoms with Gasteiger partial charge in [-0.2, -0.15) is 12.6 Å². The second kappa shape index (κ2) is 16.0. The van der Waals surface area contributed by atoms with Gasteiger partial charge < -0.3 is 48.3 Å². The standard InChI is InChI=1S/C20H33N9O7S/c21-11(3-4-15(30)31)16(32)27-12(2-1-5-25-20(22)23)17(33)29-14(8-37)18(34)28-13(19(35)36)6-10-7-24-9-26-10/h7,9,11-14,37H,1-6,8,21H2,(H,24,26)(H,27,32)(H,28,34)(H,29,33)(H,30,31)(H,35,36)(H4,22,23,25). The molecule has 4 atom stereocenters. The Bertz CT molecular complexity index is 954. The Hall–Kier alpha value is -3.86. The minimum Gasteiger partial charge on any atom is -0.481 e. The summed E-state index contributed by atoms with van der Waals surface area (Å²) in [5.74, 6) is -5.11. The van der Waals surface area contributed by atoms with Crippen LogP contribution in [0.25, 0.3) is 0 Å². The third kappa shape index (κ3) is 12.1. The molecule has 0 radical (unpaired) electrons. The molecule has 3 amide bonds.